The zero-order valence-electron chi connectivity index (χ0n) is 74.3. The molecule has 10 rings (SSSR count). The minimum atomic E-state index is -0.424. The summed E-state index contributed by atoms with van der Waals surface area (Å²) >= 11 is 0. The molecule has 0 heterocycles. The van der Waals surface area contributed by atoms with Crippen LogP contribution in [0.25, 0.3) is 0 Å². The summed E-state index contributed by atoms with van der Waals surface area (Å²) in [5.74, 6) is 4.19. The molecule has 0 unspecified atom stereocenters. The Hall–Kier alpha value is -9.22. The SMILES string of the molecule is C=C(CO)[C@@H]1CC[C@]2(CO)CC[C@]3(C)[C@H](CC[C@@H]4[C@@]5(C)CC[C@H](O)[C@@](C)(CO)[C@@H]5CC[C@]43C)[C@@H]12.C=C(CO)[C@@H]1CC[C@]2(COC(C)=O)CC[C@]3(C)[C@H](CC[C@@H]4[C@@]5(C)CC[C@H](O)[C@@](C)(CO)[C@@H]5CC[C@]43C)[C@@H]12.C=C=C=C=C=C=C=C=C=C=C=C=C=C=C=C=C=C=C=C=C=C=C=C=C=C=C=C=C=C=C=C=C=C=C=C=C=C=C=C=C=C=C.CO.O=CO[O-].[H-].[Na+].[Na+]. The van der Waals surface area contributed by atoms with Gasteiger partial charge < -0.3 is 57.2 Å². The Labute approximate surface area is 767 Å². The van der Waals surface area contributed by atoms with Crippen molar-refractivity contribution in [3.63, 3.8) is 0 Å². The van der Waals surface area contributed by atoms with E-state index in [4.69, 9.17) is 19.9 Å². The molecule has 0 amide bonds. The number of aliphatic hydroxyl groups excluding tert-OH is 8. The maximum atomic E-state index is 11.9. The van der Waals surface area contributed by atoms with Crippen LogP contribution < -0.4 is 64.4 Å². The maximum Gasteiger partial charge on any atom is 1.00 e. The molecule has 13 nitrogen and oxygen atoms in total. The van der Waals surface area contributed by atoms with Gasteiger partial charge in [-0.25, -0.2) is 0 Å². The van der Waals surface area contributed by atoms with Crippen molar-refractivity contribution >= 4 is 12.4 Å². The quantitative estimate of drug-likeness (QED) is 0.0194. The second-order valence-corrected chi connectivity index (χ2v) is 34.8. The number of esters is 1. The van der Waals surface area contributed by atoms with Crippen LogP contribution in [-0.2, 0) is 19.2 Å². The van der Waals surface area contributed by atoms with Gasteiger partial charge in [0.25, 0.3) is 6.47 Å². The monoisotopic (exact) mass is 1650 g/mol. The van der Waals surface area contributed by atoms with E-state index in [1.165, 1.54) is 39.0 Å². The van der Waals surface area contributed by atoms with Gasteiger partial charge in [0, 0.05) is 169 Å². The fourth-order valence-electron chi connectivity index (χ4n) is 24.7. The standard InChI is InChI=1S/C43H4.C32H52O5.C30H50O4.CH2O3.CH4O.2Na.H/c1-3-5-7-9-11-13-15-17-19-21-23-25-27-29-31-33-35-37-39-41-43-42-40-38-36-34-32-30-28-26-24-22-20-18-16-14-12-10-8-6-4-2;1-20(17-33)22-9-14-32(19-37-21(2)35)16-15-30(5)23(27(22)32)7-8-25-28(3)12-11-26(36)29(4,18-34)24(28)10-13-31(25,30)6;1-19(16-31)20-8-13-30(18-33)15-14-28(4)21(25(20)30)6-7-23-26(2)11-10-24(34)27(3,17-32)22(26)9-12-29(23,28)5;2-1-4-3;1-2;;;/h1-2H2;22-27,33-34,36H,1,7-19H2,2-6H3;20-25,31-34H,1,6-18H2,2-5H3;1,3H;2H,1H3;;;/q;;;;;2*+1;-1/p-1/t;22-,23+,24+,25+,26-,27+,28-,29-,30+,31+,32+;20-,21+,22+,23+,24-,25+,26-,27-,28+,29+,30+;;;;;/m.00...../s1. The van der Waals surface area contributed by atoms with Gasteiger partial charge in [-0.05, 0) is 342 Å². The fraction of sp³-hybridized carbons (Fsp3) is 0.542. The molecule has 0 aromatic heterocycles. The van der Waals surface area contributed by atoms with Gasteiger partial charge >= 0.3 is 65.1 Å². The number of ether oxygens (including phenoxy) is 1. The molecular weight excluding hydrogens is 1540 g/mol. The Kier molecular flexibility index (Phi) is 43.0. The molecule has 10 saturated carbocycles. The molecule has 0 radical (unpaired) electrons. The van der Waals surface area contributed by atoms with Crippen molar-refractivity contribution in [1.29, 1.82) is 0 Å². The number of carbonyl (C=O) groups excluding carboxylic acids is 2. The predicted molar refractivity (Wildman–Crippen MR) is 451 cm³/mol. The van der Waals surface area contributed by atoms with Crippen LogP contribution in [0.3, 0.4) is 0 Å². The average Bonchev–Trinajstić information content (AvgIpc) is 1.67. The third-order valence-corrected chi connectivity index (χ3v) is 30.4. The molecule has 22 atom stereocenters. The molecular formula is C107H112Na2O13. The fourth-order valence-corrected chi connectivity index (χ4v) is 24.7. The number of hydrogen-bond acceptors (Lipinski definition) is 13. The van der Waals surface area contributed by atoms with Gasteiger partial charge in [0.2, 0.25) is 0 Å². The van der Waals surface area contributed by atoms with Crippen LogP contribution in [0.1, 0.15) is 192 Å². The second-order valence-electron chi connectivity index (χ2n) is 34.8. The number of rotatable bonds is 10. The first kappa shape index (κ1) is 105. The molecule has 0 aromatic rings. The molecule has 0 aromatic carbocycles. The van der Waals surface area contributed by atoms with Gasteiger partial charge in [0.1, 0.15) is 0 Å². The van der Waals surface area contributed by atoms with Crippen molar-refractivity contribution < 1.29 is 126 Å². The van der Waals surface area contributed by atoms with Crippen molar-refractivity contribution in [3.8, 4) is 0 Å². The van der Waals surface area contributed by atoms with Crippen LogP contribution >= 0.6 is 0 Å². The molecule has 10 aliphatic rings. The van der Waals surface area contributed by atoms with E-state index in [2.05, 4.69) is 322 Å². The maximum absolute atomic E-state index is 11.9. The molecule has 620 valence electrons. The van der Waals surface area contributed by atoms with E-state index in [-0.39, 0.29) is 149 Å². The van der Waals surface area contributed by atoms with E-state index in [1.807, 2.05) is 0 Å². The van der Waals surface area contributed by atoms with Crippen LogP contribution in [0.15, 0.2) is 272 Å². The summed E-state index contributed by atoms with van der Waals surface area (Å²) < 4.78 is 5.75. The van der Waals surface area contributed by atoms with Crippen molar-refractivity contribution in [1.82, 2.24) is 0 Å². The summed E-state index contributed by atoms with van der Waals surface area (Å²) in [6, 6.07) is 0. The Balaban J connectivity index is 0.000000457. The van der Waals surface area contributed by atoms with Crippen LogP contribution in [0.5, 0.6) is 0 Å². The summed E-state index contributed by atoms with van der Waals surface area (Å²) in [5, 5.41) is 89.0. The van der Waals surface area contributed by atoms with Crippen molar-refractivity contribution in [3.05, 3.63) is 272 Å². The Morgan fingerprint density at radius 3 is 0.902 bits per heavy atom. The second kappa shape index (κ2) is 49.9. The van der Waals surface area contributed by atoms with Crippen molar-refractivity contribution in [2.45, 2.75) is 203 Å². The van der Waals surface area contributed by atoms with Gasteiger partial charge in [-0.3, -0.25) is 9.59 Å². The average molecular weight is 1650 g/mol. The smallest absolute Gasteiger partial charge is 1.00 e. The number of aliphatic hydroxyl groups is 8. The first-order chi connectivity index (χ1) is 57.6. The molecule has 10 aliphatic carbocycles. The van der Waals surface area contributed by atoms with Crippen LogP contribution in [0.2, 0.25) is 0 Å². The number of carbonyl (C=O) groups is 2. The van der Waals surface area contributed by atoms with E-state index >= 15 is 0 Å². The van der Waals surface area contributed by atoms with E-state index < -0.39 is 23.0 Å². The van der Waals surface area contributed by atoms with Crippen LogP contribution in [0, 0.1) is 113 Å². The minimum Gasteiger partial charge on any atom is -1.00 e. The summed E-state index contributed by atoms with van der Waals surface area (Å²) in [7, 11) is 1.00. The number of hydrogen-bond donors (Lipinski definition) is 8. The first-order valence-electron chi connectivity index (χ1n) is 41.0. The van der Waals surface area contributed by atoms with E-state index in [1.54, 1.807) is 0 Å². The number of fused-ring (bicyclic) bond motifs is 14. The first-order valence-corrected chi connectivity index (χ1v) is 41.0. The molecule has 0 bridgehead atoms. The summed E-state index contributed by atoms with van der Waals surface area (Å²) in [4.78, 5) is 23.1. The normalized spacial score (nSPS) is 33.4. The van der Waals surface area contributed by atoms with Crippen LogP contribution in [0.4, 0.5) is 0 Å². The molecule has 10 fully saturated rings. The predicted octanol–water partition coefficient (Wildman–Crippen LogP) is 9.78. The van der Waals surface area contributed by atoms with Gasteiger partial charge in [-0.2, -0.15) is 0 Å². The van der Waals surface area contributed by atoms with Gasteiger partial charge in [-0.15, -0.1) is 0 Å². The zero-order valence-corrected chi connectivity index (χ0v) is 77.3. The van der Waals surface area contributed by atoms with E-state index in [0.717, 1.165) is 115 Å². The van der Waals surface area contributed by atoms with Gasteiger partial charge in [-0.1, -0.05) is 80.0 Å². The summed E-state index contributed by atoms with van der Waals surface area (Å²) in [6.45, 7) is 37.1. The zero-order chi connectivity index (χ0) is 88.2. The summed E-state index contributed by atoms with van der Waals surface area (Å²) in [5.41, 5.74) is 104. The van der Waals surface area contributed by atoms with E-state index in [0.29, 0.717) is 65.8 Å². The molecule has 0 spiro atoms. The van der Waals surface area contributed by atoms with E-state index in [9.17, 15) is 40.5 Å². The van der Waals surface area contributed by atoms with Crippen LogP contribution in [-0.4, -0.2) is 112 Å². The van der Waals surface area contributed by atoms with Crippen molar-refractivity contribution in [2.75, 3.05) is 46.8 Å². The minimum absolute atomic E-state index is 0. The molecule has 0 aliphatic heterocycles. The van der Waals surface area contributed by atoms with Crippen molar-refractivity contribution in [2.24, 2.45) is 113 Å². The Bertz CT molecular complexity index is 5470. The largest absolute Gasteiger partial charge is 1.00 e. The molecule has 15 heteroatoms. The van der Waals surface area contributed by atoms with Gasteiger partial charge in [0.15, 0.2) is 0 Å². The Morgan fingerprint density at radius 2 is 0.648 bits per heavy atom. The third-order valence-electron chi connectivity index (χ3n) is 30.4. The molecule has 0 saturated heterocycles. The topological polar surface area (TPSA) is 237 Å². The molecule has 122 heavy (non-hydrogen) atoms. The van der Waals surface area contributed by atoms with Gasteiger partial charge in [0.05, 0.1) is 45.2 Å². The third kappa shape index (κ3) is 23.8. The Morgan fingerprint density at radius 1 is 0.377 bits per heavy atom. The molecule has 8 N–H and O–H groups in total. The summed E-state index contributed by atoms with van der Waals surface area (Å²) in [6.07, 6.45) is 20.8.